The normalized spacial score (nSPS) is 23.1. The SMILES string of the molecule is CC=C1/C(=C\C)N(C(=NC=NCC)C(C)N=C(C)C(N)=O)CC1(C)C. The van der Waals surface area contributed by atoms with Crippen molar-refractivity contribution in [1.29, 1.82) is 0 Å². The monoisotopic (exact) mass is 345 g/mol. The summed E-state index contributed by atoms with van der Waals surface area (Å²) in [5.41, 5.74) is 8.02. The highest BCUT2D eigenvalue weighted by Gasteiger charge is 2.40. The van der Waals surface area contributed by atoms with Crippen molar-refractivity contribution >= 4 is 23.8 Å². The molecule has 0 aliphatic carbocycles. The van der Waals surface area contributed by atoms with Crippen molar-refractivity contribution in [2.24, 2.45) is 26.1 Å². The Kier molecular flexibility index (Phi) is 7.27. The van der Waals surface area contributed by atoms with Crippen molar-refractivity contribution in [1.82, 2.24) is 4.90 Å². The summed E-state index contributed by atoms with van der Waals surface area (Å²) < 4.78 is 0. The van der Waals surface area contributed by atoms with E-state index in [2.05, 4.69) is 52.8 Å². The van der Waals surface area contributed by atoms with Gasteiger partial charge in [0.2, 0.25) is 0 Å². The lowest BCUT2D eigenvalue weighted by Gasteiger charge is -2.25. The summed E-state index contributed by atoms with van der Waals surface area (Å²) >= 11 is 0. The van der Waals surface area contributed by atoms with Gasteiger partial charge in [0.05, 0.1) is 5.71 Å². The maximum absolute atomic E-state index is 11.4. The molecule has 138 valence electrons. The van der Waals surface area contributed by atoms with Gasteiger partial charge >= 0.3 is 0 Å². The van der Waals surface area contributed by atoms with Crippen LogP contribution in [0.4, 0.5) is 0 Å². The molecule has 6 nitrogen and oxygen atoms in total. The van der Waals surface area contributed by atoms with Gasteiger partial charge in [0.25, 0.3) is 5.91 Å². The number of nitrogens with two attached hydrogens (primary N) is 1. The minimum Gasteiger partial charge on any atom is -0.365 e. The molecule has 1 unspecified atom stereocenters. The molecule has 6 heteroatoms. The number of nitrogens with zero attached hydrogens (tertiary/aromatic N) is 4. The van der Waals surface area contributed by atoms with Crippen LogP contribution < -0.4 is 5.73 Å². The third-order valence-electron chi connectivity index (χ3n) is 4.26. The van der Waals surface area contributed by atoms with Gasteiger partial charge in [-0.15, -0.1) is 0 Å². The minimum atomic E-state index is -0.518. The van der Waals surface area contributed by atoms with Gasteiger partial charge in [-0.3, -0.25) is 14.8 Å². The van der Waals surface area contributed by atoms with Gasteiger partial charge in [-0.2, -0.15) is 0 Å². The lowest BCUT2D eigenvalue weighted by molar-refractivity contribution is -0.112. The van der Waals surface area contributed by atoms with E-state index < -0.39 is 5.91 Å². The van der Waals surface area contributed by atoms with Crippen molar-refractivity contribution < 1.29 is 4.79 Å². The Labute approximate surface area is 151 Å². The van der Waals surface area contributed by atoms with Crippen LogP contribution in [-0.4, -0.2) is 47.8 Å². The van der Waals surface area contributed by atoms with Crippen LogP contribution in [0.3, 0.4) is 0 Å². The number of carbonyl (C=O) groups excluding carboxylic acids is 1. The third-order valence-corrected chi connectivity index (χ3v) is 4.26. The van der Waals surface area contributed by atoms with Crippen molar-refractivity contribution in [3.05, 3.63) is 23.4 Å². The molecule has 0 spiro atoms. The first kappa shape index (κ1) is 20.8. The van der Waals surface area contributed by atoms with Crippen molar-refractivity contribution in [3.63, 3.8) is 0 Å². The Bertz CT molecular complexity index is 653. The summed E-state index contributed by atoms with van der Waals surface area (Å²) in [6, 6.07) is -0.308. The van der Waals surface area contributed by atoms with Gasteiger partial charge in [0, 0.05) is 24.2 Å². The van der Waals surface area contributed by atoms with E-state index >= 15 is 0 Å². The standard InChI is InChI=1S/C19H31N5O/c1-8-15-16(9-2)24(11-19(15,6)7)18(22-12-21-10-3)14(5)23-13(4)17(20)25/h8-9,12,14H,10-11H2,1-7H3,(H2,20,25)/b15-8?,16-9+,21-12?,22-18?,23-13?. The first-order valence-electron chi connectivity index (χ1n) is 8.70. The topological polar surface area (TPSA) is 83.4 Å². The van der Waals surface area contributed by atoms with Crippen LogP contribution in [0.5, 0.6) is 0 Å². The van der Waals surface area contributed by atoms with Crippen LogP contribution in [0.2, 0.25) is 0 Å². The maximum atomic E-state index is 11.4. The summed E-state index contributed by atoms with van der Waals surface area (Å²) in [4.78, 5) is 26.7. The number of hydrogen-bond acceptors (Lipinski definition) is 3. The number of primary amides is 1. The van der Waals surface area contributed by atoms with E-state index in [9.17, 15) is 4.79 Å². The molecule has 1 fully saturated rings. The first-order valence-corrected chi connectivity index (χ1v) is 8.70. The number of amidine groups is 1. The van der Waals surface area contributed by atoms with E-state index in [1.165, 1.54) is 5.57 Å². The second-order valence-electron chi connectivity index (χ2n) is 6.70. The maximum Gasteiger partial charge on any atom is 0.262 e. The number of hydrogen-bond donors (Lipinski definition) is 1. The van der Waals surface area contributed by atoms with Gasteiger partial charge in [-0.05, 0) is 40.2 Å². The van der Waals surface area contributed by atoms with E-state index in [1.54, 1.807) is 13.3 Å². The molecule has 0 saturated carbocycles. The van der Waals surface area contributed by atoms with Gasteiger partial charge in [-0.25, -0.2) is 4.99 Å². The van der Waals surface area contributed by atoms with Crippen LogP contribution >= 0.6 is 0 Å². The van der Waals surface area contributed by atoms with Crippen LogP contribution in [0.15, 0.2) is 38.4 Å². The molecule has 1 atom stereocenters. The molecule has 1 aliphatic rings. The molecule has 0 aromatic heterocycles. The van der Waals surface area contributed by atoms with E-state index in [0.717, 1.165) is 18.1 Å². The minimum absolute atomic E-state index is 0.00142. The fraction of sp³-hybridized carbons (Fsp3) is 0.579. The van der Waals surface area contributed by atoms with Crippen LogP contribution in [0, 0.1) is 5.41 Å². The molecule has 0 bridgehead atoms. The van der Waals surface area contributed by atoms with Crippen LogP contribution in [-0.2, 0) is 4.79 Å². The molecule has 1 rings (SSSR count). The van der Waals surface area contributed by atoms with Gasteiger partial charge < -0.3 is 10.6 Å². The highest BCUT2D eigenvalue weighted by Crippen LogP contribution is 2.42. The highest BCUT2D eigenvalue weighted by atomic mass is 16.1. The van der Waals surface area contributed by atoms with E-state index in [-0.39, 0.29) is 11.5 Å². The zero-order valence-corrected chi connectivity index (χ0v) is 16.5. The summed E-state index contributed by atoms with van der Waals surface area (Å²) in [6.07, 6.45) is 5.80. The van der Waals surface area contributed by atoms with Gasteiger partial charge in [-0.1, -0.05) is 26.0 Å². The number of aliphatic imine (C=N–C) groups is 3. The second kappa shape index (κ2) is 8.74. The number of likely N-dealkylation sites (tertiary alicyclic amines) is 1. The lowest BCUT2D eigenvalue weighted by Crippen LogP contribution is -2.37. The number of allylic oxidation sites excluding steroid dienone is 3. The Hall–Kier alpha value is -2.24. The van der Waals surface area contributed by atoms with E-state index in [1.807, 2.05) is 20.8 Å². The van der Waals surface area contributed by atoms with Crippen LogP contribution in [0.1, 0.15) is 48.5 Å². The van der Waals surface area contributed by atoms with Gasteiger partial charge in [0.1, 0.15) is 18.2 Å². The Balaban J connectivity index is 3.39. The van der Waals surface area contributed by atoms with E-state index in [4.69, 9.17) is 5.73 Å². The predicted octanol–water partition coefficient (Wildman–Crippen LogP) is 2.96. The average molecular weight is 345 g/mol. The summed E-state index contributed by atoms with van der Waals surface area (Å²) in [7, 11) is 0. The Morgan fingerprint density at radius 2 is 2.00 bits per heavy atom. The molecule has 2 N–H and O–H groups in total. The zero-order valence-electron chi connectivity index (χ0n) is 16.5. The third kappa shape index (κ3) is 4.87. The van der Waals surface area contributed by atoms with Crippen molar-refractivity contribution in [2.75, 3.05) is 13.1 Å². The largest absolute Gasteiger partial charge is 0.365 e. The lowest BCUT2D eigenvalue weighted by atomic mass is 9.86. The number of carbonyl (C=O) groups is 1. The number of rotatable bonds is 5. The molecule has 0 radical (unpaired) electrons. The highest BCUT2D eigenvalue weighted by molar-refractivity contribution is 6.37. The summed E-state index contributed by atoms with van der Waals surface area (Å²) in [5.74, 6) is 0.242. The number of amides is 1. The molecule has 1 amide bonds. The molecule has 0 aromatic carbocycles. The molecule has 1 aliphatic heterocycles. The summed E-state index contributed by atoms with van der Waals surface area (Å²) in [6.45, 7) is 15.5. The quantitative estimate of drug-likeness (QED) is 0.614. The van der Waals surface area contributed by atoms with Crippen molar-refractivity contribution in [2.45, 2.75) is 54.5 Å². The first-order chi connectivity index (χ1) is 11.7. The molecule has 1 saturated heterocycles. The molecule has 1 heterocycles. The smallest absolute Gasteiger partial charge is 0.262 e. The fourth-order valence-electron chi connectivity index (χ4n) is 3.11. The molecule has 0 aromatic rings. The van der Waals surface area contributed by atoms with E-state index in [0.29, 0.717) is 12.3 Å². The average Bonchev–Trinajstić information content (AvgIpc) is 2.80. The summed E-state index contributed by atoms with van der Waals surface area (Å²) in [5, 5.41) is 0. The van der Waals surface area contributed by atoms with Gasteiger partial charge in [0.15, 0.2) is 0 Å². The molecular formula is C19H31N5O. The Morgan fingerprint density at radius 1 is 1.36 bits per heavy atom. The molecular weight excluding hydrogens is 314 g/mol. The predicted molar refractivity (Wildman–Crippen MR) is 106 cm³/mol. The second-order valence-corrected chi connectivity index (χ2v) is 6.70. The zero-order chi connectivity index (χ0) is 19.2. The van der Waals surface area contributed by atoms with Crippen molar-refractivity contribution in [3.8, 4) is 0 Å². The van der Waals surface area contributed by atoms with Crippen LogP contribution in [0.25, 0.3) is 0 Å². The Morgan fingerprint density at radius 3 is 2.48 bits per heavy atom. The molecule has 25 heavy (non-hydrogen) atoms. The fourth-order valence-corrected chi connectivity index (χ4v) is 3.11.